The number of ether oxygens (including phenoxy) is 2. The molecule has 0 N–H and O–H groups in total. The van der Waals surface area contributed by atoms with E-state index in [1.165, 1.54) is 11.6 Å². The van der Waals surface area contributed by atoms with Gasteiger partial charge in [-0.1, -0.05) is 17.2 Å². The van der Waals surface area contributed by atoms with Gasteiger partial charge in [-0.15, -0.1) is 0 Å². The van der Waals surface area contributed by atoms with Crippen molar-refractivity contribution in [2.24, 2.45) is 5.41 Å². The Morgan fingerprint density at radius 3 is 2.52 bits per heavy atom. The molecule has 0 radical (unpaired) electrons. The molecule has 33 heavy (non-hydrogen) atoms. The summed E-state index contributed by atoms with van der Waals surface area (Å²) in [6.45, 7) is 6.09. The van der Waals surface area contributed by atoms with Crippen LogP contribution in [0.5, 0.6) is 0 Å². The number of hydrogen-bond acceptors (Lipinski definition) is 6. The predicted octanol–water partition coefficient (Wildman–Crippen LogP) is 4.80. The number of carbonyl (C=O) groups is 3. The van der Waals surface area contributed by atoms with Crippen molar-refractivity contribution in [3.63, 3.8) is 0 Å². The van der Waals surface area contributed by atoms with Crippen molar-refractivity contribution in [1.82, 2.24) is 0 Å². The van der Waals surface area contributed by atoms with Crippen LogP contribution in [0.1, 0.15) is 56.8 Å². The molecule has 0 aromatic heterocycles. The van der Waals surface area contributed by atoms with Crippen LogP contribution in [0.2, 0.25) is 0 Å². The summed E-state index contributed by atoms with van der Waals surface area (Å²) in [6, 6.07) is 7.13. The van der Waals surface area contributed by atoms with Crippen LogP contribution in [0.25, 0.3) is 0 Å². The van der Waals surface area contributed by atoms with Gasteiger partial charge >= 0.3 is 11.9 Å². The van der Waals surface area contributed by atoms with Crippen molar-refractivity contribution in [3.8, 4) is 0 Å². The van der Waals surface area contributed by atoms with Crippen molar-refractivity contribution >= 4 is 23.4 Å². The third-order valence-corrected chi connectivity index (χ3v) is 6.19. The largest absolute Gasteiger partial charge is 0.457 e. The van der Waals surface area contributed by atoms with Gasteiger partial charge in [-0.3, -0.25) is 9.59 Å². The number of benzene rings is 1. The Bertz CT molecular complexity index is 998. The van der Waals surface area contributed by atoms with E-state index in [2.05, 4.69) is 19.9 Å². The van der Waals surface area contributed by atoms with Crippen molar-refractivity contribution in [1.29, 1.82) is 0 Å². The third-order valence-electron chi connectivity index (χ3n) is 6.19. The summed E-state index contributed by atoms with van der Waals surface area (Å²) in [5, 5.41) is 0. The summed E-state index contributed by atoms with van der Waals surface area (Å²) in [7, 11) is 3.85. The number of esters is 2. The molecule has 3 atom stereocenters. The molecule has 1 saturated heterocycles. The molecule has 0 bridgehead atoms. The average molecular weight is 452 g/mol. The molecule has 1 aliphatic heterocycles. The second kappa shape index (κ2) is 10.2. The lowest BCUT2D eigenvalue weighted by Gasteiger charge is -2.34. The van der Waals surface area contributed by atoms with Crippen LogP contribution >= 0.6 is 0 Å². The molecule has 3 rings (SSSR count). The maximum absolute atomic E-state index is 13.0. The van der Waals surface area contributed by atoms with Gasteiger partial charge in [-0.25, -0.2) is 4.79 Å². The molecule has 1 spiro atoms. The first-order chi connectivity index (χ1) is 15.6. The number of ketones is 1. The number of carbonyl (C=O) groups excluding carboxylic acids is 3. The van der Waals surface area contributed by atoms with E-state index in [-0.39, 0.29) is 18.6 Å². The zero-order chi connectivity index (χ0) is 24.2. The lowest BCUT2D eigenvalue weighted by Crippen LogP contribution is -2.43. The van der Waals surface area contributed by atoms with E-state index in [0.717, 1.165) is 24.1 Å². The quantitative estimate of drug-likeness (QED) is 0.438. The number of hydrogen-bond donors (Lipinski definition) is 0. The van der Waals surface area contributed by atoms with E-state index < -0.39 is 29.6 Å². The minimum Gasteiger partial charge on any atom is -0.457 e. The molecule has 176 valence electrons. The Hall–Kier alpha value is -3.15. The molecule has 0 amide bonds. The minimum atomic E-state index is -1.04. The van der Waals surface area contributed by atoms with Gasteiger partial charge in [0, 0.05) is 26.2 Å². The molecule has 2 aliphatic rings. The summed E-state index contributed by atoms with van der Waals surface area (Å²) < 4.78 is 11.3. The number of allylic oxidation sites excluding steroid dienone is 4. The van der Waals surface area contributed by atoms with Crippen molar-refractivity contribution in [2.75, 3.05) is 19.0 Å². The Kier molecular flexibility index (Phi) is 7.57. The molecule has 6 heteroatoms. The molecule has 1 heterocycles. The standard InChI is InChI=1S/C27H33NO5/c1-18(2)7-6-8-19(3)15-24-27(17-25(30)33-24)16-22(13-14-23(27)29)32-26(31)20-9-11-21(12-10-20)28(4)5/h7,9-15,22,24H,6,8,16-17H2,1-5H3/b19-15+/t22-,24-,27+/m1/s1. The van der Waals surface area contributed by atoms with Crippen LogP contribution in [-0.4, -0.2) is 44.0 Å². The highest BCUT2D eigenvalue weighted by Crippen LogP contribution is 2.45. The molecular weight excluding hydrogens is 418 g/mol. The van der Waals surface area contributed by atoms with Gasteiger partial charge in [0.05, 0.1) is 17.4 Å². The highest BCUT2D eigenvalue weighted by molar-refractivity contribution is 6.00. The minimum absolute atomic E-state index is 0.00975. The summed E-state index contributed by atoms with van der Waals surface area (Å²) in [5.41, 5.74) is 2.68. The fourth-order valence-electron chi connectivity index (χ4n) is 4.26. The van der Waals surface area contributed by atoms with E-state index in [0.29, 0.717) is 5.56 Å². The summed E-state index contributed by atoms with van der Waals surface area (Å²) >= 11 is 0. The lowest BCUT2D eigenvalue weighted by atomic mass is 9.69. The van der Waals surface area contributed by atoms with Crippen LogP contribution in [0.4, 0.5) is 5.69 Å². The molecule has 1 aromatic rings. The van der Waals surface area contributed by atoms with Crippen LogP contribution < -0.4 is 4.90 Å². The molecule has 0 saturated carbocycles. The van der Waals surface area contributed by atoms with Crippen LogP contribution in [0.15, 0.2) is 59.7 Å². The fourth-order valence-corrected chi connectivity index (χ4v) is 4.26. The van der Waals surface area contributed by atoms with Crippen molar-refractivity contribution in [3.05, 3.63) is 65.3 Å². The monoisotopic (exact) mass is 451 g/mol. The van der Waals surface area contributed by atoms with Gasteiger partial charge in [0.1, 0.15) is 12.2 Å². The first-order valence-electron chi connectivity index (χ1n) is 11.3. The van der Waals surface area contributed by atoms with Crippen molar-refractivity contribution in [2.45, 2.75) is 58.7 Å². The summed E-state index contributed by atoms with van der Waals surface area (Å²) in [5.74, 6) is -1.02. The molecule has 1 fully saturated rings. The number of nitrogens with zero attached hydrogens (tertiary/aromatic N) is 1. The van der Waals surface area contributed by atoms with Gasteiger partial charge in [0.2, 0.25) is 0 Å². The molecular formula is C27H33NO5. The van der Waals surface area contributed by atoms with Gasteiger partial charge < -0.3 is 14.4 Å². The Morgan fingerprint density at radius 1 is 1.18 bits per heavy atom. The maximum Gasteiger partial charge on any atom is 0.338 e. The highest BCUT2D eigenvalue weighted by Gasteiger charge is 2.55. The van der Waals surface area contributed by atoms with Crippen molar-refractivity contribution < 1.29 is 23.9 Å². The average Bonchev–Trinajstić information content (AvgIpc) is 3.05. The molecule has 0 unspecified atom stereocenters. The summed E-state index contributed by atoms with van der Waals surface area (Å²) in [6.07, 6.45) is 7.72. The van der Waals surface area contributed by atoms with Crippen LogP contribution in [0.3, 0.4) is 0 Å². The molecule has 1 aromatic carbocycles. The predicted molar refractivity (Wildman–Crippen MR) is 128 cm³/mol. The summed E-state index contributed by atoms with van der Waals surface area (Å²) in [4.78, 5) is 39.9. The van der Waals surface area contributed by atoms with E-state index >= 15 is 0 Å². The van der Waals surface area contributed by atoms with Crippen LogP contribution in [-0.2, 0) is 19.1 Å². The Morgan fingerprint density at radius 2 is 1.88 bits per heavy atom. The number of cyclic esters (lactones) is 1. The highest BCUT2D eigenvalue weighted by atomic mass is 16.6. The zero-order valence-corrected chi connectivity index (χ0v) is 20.1. The first kappa shape index (κ1) is 24.5. The Balaban J connectivity index is 1.75. The number of anilines is 1. The van der Waals surface area contributed by atoms with Gasteiger partial charge in [-0.2, -0.15) is 0 Å². The lowest BCUT2D eigenvalue weighted by molar-refractivity contribution is -0.140. The van der Waals surface area contributed by atoms with E-state index in [1.807, 2.05) is 44.1 Å². The molecule has 1 aliphatic carbocycles. The third kappa shape index (κ3) is 5.81. The fraction of sp³-hybridized carbons (Fsp3) is 0.444. The Labute approximate surface area is 195 Å². The smallest absolute Gasteiger partial charge is 0.338 e. The van der Waals surface area contributed by atoms with Gasteiger partial charge in [0.15, 0.2) is 5.78 Å². The van der Waals surface area contributed by atoms with E-state index in [9.17, 15) is 14.4 Å². The van der Waals surface area contributed by atoms with Gasteiger partial charge in [0.25, 0.3) is 0 Å². The van der Waals surface area contributed by atoms with Gasteiger partial charge in [-0.05, 0) is 76.1 Å². The van der Waals surface area contributed by atoms with E-state index in [1.54, 1.807) is 18.2 Å². The second-order valence-corrected chi connectivity index (χ2v) is 9.39. The SMILES string of the molecule is CC(C)=CCC/C(C)=C/[C@H]1OC(=O)C[C@]12C[C@H](OC(=O)c1ccc(N(C)C)cc1)C=CC2=O. The van der Waals surface area contributed by atoms with E-state index in [4.69, 9.17) is 9.47 Å². The normalized spacial score (nSPS) is 24.6. The molecule has 6 nitrogen and oxygen atoms in total. The zero-order valence-electron chi connectivity index (χ0n) is 20.1. The number of rotatable bonds is 7. The second-order valence-electron chi connectivity index (χ2n) is 9.39. The first-order valence-corrected chi connectivity index (χ1v) is 11.3. The van der Waals surface area contributed by atoms with Crippen LogP contribution in [0, 0.1) is 5.41 Å². The topological polar surface area (TPSA) is 72.9 Å². The maximum atomic E-state index is 13.0.